The van der Waals surface area contributed by atoms with E-state index >= 15 is 0 Å². The van der Waals surface area contributed by atoms with Gasteiger partial charge in [-0.15, -0.1) is 0 Å². The highest BCUT2D eigenvalue weighted by Gasteiger charge is 2.28. The molecule has 2 aromatic heterocycles. The number of carbonyl (C=O) groups is 2. The zero-order chi connectivity index (χ0) is 25.4. The van der Waals surface area contributed by atoms with Crippen molar-refractivity contribution < 1.29 is 14.3 Å². The molecule has 0 aliphatic carbocycles. The highest BCUT2D eigenvalue weighted by atomic mass is 16.5. The van der Waals surface area contributed by atoms with Crippen LogP contribution in [0.25, 0.3) is 22.3 Å². The smallest absolute Gasteiger partial charge is 0.254 e. The van der Waals surface area contributed by atoms with Crippen molar-refractivity contribution in [3.8, 4) is 17.0 Å². The second kappa shape index (κ2) is 9.45. The van der Waals surface area contributed by atoms with E-state index in [1.54, 1.807) is 22.8 Å². The molecular weight excluding hydrogens is 454 g/mol. The molecule has 1 fully saturated rings. The van der Waals surface area contributed by atoms with E-state index in [2.05, 4.69) is 5.10 Å². The molecule has 1 saturated heterocycles. The fourth-order valence-corrected chi connectivity index (χ4v) is 4.79. The fourth-order valence-electron chi connectivity index (χ4n) is 4.79. The molecule has 8 heteroatoms. The minimum atomic E-state index is -0.0696. The zero-order valence-corrected chi connectivity index (χ0v) is 21.0. The molecule has 0 unspecified atom stereocenters. The number of piperazine rings is 1. The van der Waals surface area contributed by atoms with Gasteiger partial charge in [0.25, 0.3) is 11.8 Å². The van der Waals surface area contributed by atoms with Crippen LogP contribution in [0.4, 0.5) is 0 Å². The van der Waals surface area contributed by atoms with Gasteiger partial charge in [0, 0.05) is 44.4 Å². The lowest BCUT2D eigenvalue weighted by Gasteiger charge is -2.35. The van der Waals surface area contributed by atoms with Gasteiger partial charge in [-0.2, -0.15) is 5.10 Å². The number of pyridine rings is 1. The van der Waals surface area contributed by atoms with Gasteiger partial charge < -0.3 is 14.5 Å². The van der Waals surface area contributed by atoms with Gasteiger partial charge in [-0.3, -0.25) is 14.3 Å². The number of aryl methyl sites for hydroxylation is 3. The Kier molecular flexibility index (Phi) is 6.18. The van der Waals surface area contributed by atoms with Crippen molar-refractivity contribution in [1.82, 2.24) is 24.6 Å². The number of carbonyl (C=O) groups excluding carboxylic acids is 2. The van der Waals surface area contributed by atoms with Gasteiger partial charge in [0.05, 0.1) is 29.4 Å². The maximum absolute atomic E-state index is 13.8. The first-order valence-electron chi connectivity index (χ1n) is 12.0. The number of hydrogen-bond acceptors (Lipinski definition) is 5. The molecule has 0 N–H and O–H groups in total. The minimum Gasteiger partial charge on any atom is -0.496 e. The number of methoxy groups -OCH3 is 1. The number of nitrogens with zero attached hydrogens (tertiary/aromatic N) is 5. The Hall–Kier alpha value is -4.20. The van der Waals surface area contributed by atoms with Gasteiger partial charge in [0.1, 0.15) is 5.75 Å². The molecule has 184 valence electrons. The first-order valence-corrected chi connectivity index (χ1v) is 12.0. The number of hydrogen-bond donors (Lipinski definition) is 0. The third-order valence-electron chi connectivity index (χ3n) is 6.78. The zero-order valence-electron chi connectivity index (χ0n) is 21.0. The topological polar surface area (TPSA) is 80.6 Å². The summed E-state index contributed by atoms with van der Waals surface area (Å²) in [6.45, 7) is 5.68. The maximum atomic E-state index is 13.8. The molecule has 3 heterocycles. The number of rotatable bonds is 4. The molecule has 1 aliphatic rings. The molecule has 36 heavy (non-hydrogen) atoms. The molecule has 2 amide bonds. The van der Waals surface area contributed by atoms with Gasteiger partial charge in [0.2, 0.25) is 0 Å². The average Bonchev–Trinajstić information content (AvgIpc) is 3.21. The predicted molar refractivity (Wildman–Crippen MR) is 138 cm³/mol. The average molecular weight is 484 g/mol. The minimum absolute atomic E-state index is 0.0545. The fraction of sp³-hybridized carbons (Fsp3) is 0.286. The first kappa shape index (κ1) is 23.5. The van der Waals surface area contributed by atoms with Gasteiger partial charge in [-0.05, 0) is 37.6 Å². The van der Waals surface area contributed by atoms with Crippen LogP contribution < -0.4 is 4.74 Å². The van der Waals surface area contributed by atoms with Crippen LogP contribution in [-0.2, 0) is 7.05 Å². The maximum Gasteiger partial charge on any atom is 0.254 e. The molecule has 2 aromatic carbocycles. The van der Waals surface area contributed by atoms with Crippen molar-refractivity contribution >= 4 is 22.8 Å². The van der Waals surface area contributed by atoms with Gasteiger partial charge in [-0.1, -0.05) is 36.4 Å². The number of amides is 2. The van der Waals surface area contributed by atoms with Crippen LogP contribution in [0.3, 0.4) is 0 Å². The highest BCUT2D eigenvalue weighted by Crippen LogP contribution is 2.28. The molecule has 0 radical (unpaired) electrons. The molecule has 5 rings (SSSR count). The van der Waals surface area contributed by atoms with E-state index in [1.807, 2.05) is 74.3 Å². The summed E-state index contributed by atoms with van der Waals surface area (Å²) >= 11 is 0. The van der Waals surface area contributed by atoms with E-state index in [1.165, 1.54) is 0 Å². The van der Waals surface area contributed by atoms with Crippen LogP contribution in [0.1, 0.15) is 32.0 Å². The molecule has 4 aromatic rings. The summed E-state index contributed by atoms with van der Waals surface area (Å²) in [5.41, 5.74) is 5.28. The van der Waals surface area contributed by atoms with Crippen molar-refractivity contribution in [2.75, 3.05) is 33.3 Å². The van der Waals surface area contributed by atoms with Crippen molar-refractivity contribution in [2.24, 2.45) is 7.05 Å². The van der Waals surface area contributed by atoms with E-state index in [-0.39, 0.29) is 11.8 Å². The van der Waals surface area contributed by atoms with Gasteiger partial charge in [-0.25, -0.2) is 4.98 Å². The molecule has 0 bridgehead atoms. The highest BCUT2D eigenvalue weighted by molar-refractivity contribution is 6.07. The predicted octanol–water partition coefficient (Wildman–Crippen LogP) is 3.86. The van der Waals surface area contributed by atoms with E-state index in [0.29, 0.717) is 48.7 Å². The summed E-state index contributed by atoms with van der Waals surface area (Å²) in [7, 11) is 3.44. The van der Waals surface area contributed by atoms with E-state index in [9.17, 15) is 9.59 Å². The van der Waals surface area contributed by atoms with Crippen LogP contribution in [0.2, 0.25) is 0 Å². The molecule has 0 saturated carbocycles. The lowest BCUT2D eigenvalue weighted by atomic mass is 10.0. The van der Waals surface area contributed by atoms with E-state index in [0.717, 1.165) is 27.9 Å². The van der Waals surface area contributed by atoms with Crippen LogP contribution in [-0.4, -0.2) is 69.7 Å². The summed E-state index contributed by atoms with van der Waals surface area (Å²) in [4.78, 5) is 35.3. The van der Waals surface area contributed by atoms with Gasteiger partial charge >= 0.3 is 0 Å². The van der Waals surface area contributed by atoms with Crippen LogP contribution in [0.5, 0.6) is 5.75 Å². The van der Waals surface area contributed by atoms with Crippen LogP contribution in [0, 0.1) is 13.8 Å². The first-order chi connectivity index (χ1) is 17.4. The monoisotopic (exact) mass is 483 g/mol. The Labute approximate surface area is 210 Å². The molecule has 1 aliphatic heterocycles. The Morgan fingerprint density at radius 1 is 0.889 bits per heavy atom. The third kappa shape index (κ3) is 4.19. The lowest BCUT2D eigenvalue weighted by Crippen LogP contribution is -2.50. The standard InChI is InChI=1S/C28H29N5O3/c1-18-10-11-21(16-24(18)36-4)27(34)32-12-14-33(15-13-32)28(35)22-17-23(20-8-6-5-7-9-20)29-26-25(22)19(2)30-31(26)3/h5-11,16-17H,12-15H2,1-4H3. The Balaban J connectivity index is 1.40. The molecule has 0 spiro atoms. The van der Waals surface area contributed by atoms with Crippen molar-refractivity contribution in [2.45, 2.75) is 13.8 Å². The van der Waals surface area contributed by atoms with Crippen molar-refractivity contribution in [3.05, 3.63) is 77.0 Å². The summed E-state index contributed by atoms with van der Waals surface area (Å²) in [6, 6.07) is 17.2. The summed E-state index contributed by atoms with van der Waals surface area (Å²) < 4.78 is 7.10. The van der Waals surface area contributed by atoms with Crippen LogP contribution in [0.15, 0.2) is 54.6 Å². The number of aromatic nitrogens is 3. The van der Waals surface area contributed by atoms with E-state index < -0.39 is 0 Å². The largest absolute Gasteiger partial charge is 0.496 e. The normalized spacial score (nSPS) is 13.8. The van der Waals surface area contributed by atoms with Crippen molar-refractivity contribution in [3.63, 3.8) is 0 Å². The summed E-state index contributed by atoms with van der Waals surface area (Å²) in [6.07, 6.45) is 0. The summed E-state index contributed by atoms with van der Waals surface area (Å²) in [5.74, 6) is 0.568. The molecular formula is C28H29N5O3. The SMILES string of the molecule is COc1cc(C(=O)N2CCN(C(=O)c3cc(-c4ccccc4)nc4c3c(C)nn4C)CC2)ccc1C. The Morgan fingerprint density at radius 3 is 2.22 bits per heavy atom. The Bertz CT molecular complexity index is 1450. The number of fused-ring (bicyclic) bond motifs is 1. The molecule has 0 atom stereocenters. The molecule has 8 nitrogen and oxygen atoms in total. The number of benzene rings is 2. The van der Waals surface area contributed by atoms with Gasteiger partial charge in [0.15, 0.2) is 5.65 Å². The number of ether oxygens (including phenoxy) is 1. The quantitative estimate of drug-likeness (QED) is 0.440. The second-order valence-electron chi connectivity index (χ2n) is 9.10. The second-order valence-corrected chi connectivity index (χ2v) is 9.10. The van der Waals surface area contributed by atoms with E-state index in [4.69, 9.17) is 9.72 Å². The Morgan fingerprint density at radius 2 is 1.56 bits per heavy atom. The summed E-state index contributed by atoms with van der Waals surface area (Å²) in [5, 5.41) is 5.29. The van der Waals surface area contributed by atoms with Crippen LogP contribution >= 0.6 is 0 Å². The van der Waals surface area contributed by atoms with Crippen molar-refractivity contribution in [1.29, 1.82) is 0 Å². The third-order valence-corrected chi connectivity index (χ3v) is 6.78. The lowest BCUT2D eigenvalue weighted by molar-refractivity contribution is 0.0536.